The monoisotopic (exact) mass is 480 g/mol. The number of hydrogen-bond acceptors (Lipinski definition) is 4. The number of anilines is 1. The third-order valence-corrected chi connectivity index (χ3v) is 6.66. The SMILES string of the molecule is Cc1cc(OCc2ccc(C(=O)Nc3cnn(C)c3C(=O)N3CCCCC3)cc2)cc(C)c1Cl. The summed E-state index contributed by atoms with van der Waals surface area (Å²) in [5.74, 6) is 0.357. The van der Waals surface area contributed by atoms with E-state index in [1.54, 1.807) is 19.2 Å². The molecule has 2 aromatic carbocycles. The number of ether oxygens (including phenoxy) is 1. The Kier molecular flexibility index (Phi) is 7.22. The van der Waals surface area contributed by atoms with Crippen LogP contribution in [0.25, 0.3) is 0 Å². The second-order valence-electron chi connectivity index (χ2n) is 8.69. The van der Waals surface area contributed by atoms with Gasteiger partial charge < -0.3 is 15.0 Å². The molecule has 178 valence electrons. The van der Waals surface area contributed by atoms with Gasteiger partial charge in [-0.15, -0.1) is 0 Å². The van der Waals surface area contributed by atoms with E-state index < -0.39 is 0 Å². The molecule has 0 radical (unpaired) electrons. The number of aryl methyl sites for hydroxylation is 3. The maximum Gasteiger partial charge on any atom is 0.274 e. The van der Waals surface area contributed by atoms with Gasteiger partial charge in [0.15, 0.2) is 0 Å². The maximum absolute atomic E-state index is 13.0. The van der Waals surface area contributed by atoms with E-state index in [0.29, 0.717) is 23.6 Å². The molecule has 1 aliphatic rings. The highest BCUT2D eigenvalue weighted by molar-refractivity contribution is 6.32. The minimum absolute atomic E-state index is 0.102. The van der Waals surface area contributed by atoms with Crippen molar-refractivity contribution in [1.82, 2.24) is 14.7 Å². The Hall–Kier alpha value is -3.32. The number of carbonyl (C=O) groups is 2. The highest BCUT2D eigenvalue weighted by atomic mass is 35.5. The molecule has 8 heteroatoms. The predicted molar refractivity (Wildman–Crippen MR) is 133 cm³/mol. The number of aromatic nitrogens is 2. The van der Waals surface area contributed by atoms with E-state index in [1.165, 1.54) is 10.9 Å². The van der Waals surface area contributed by atoms with Crippen molar-refractivity contribution in [2.45, 2.75) is 39.7 Å². The molecule has 0 saturated carbocycles. The van der Waals surface area contributed by atoms with Crippen molar-refractivity contribution < 1.29 is 14.3 Å². The molecule has 0 unspecified atom stereocenters. The lowest BCUT2D eigenvalue weighted by molar-refractivity contribution is 0.0714. The summed E-state index contributed by atoms with van der Waals surface area (Å²) in [6.07, 6.45) is 4.66. The lowest BCUT2D eigenvalue weighted by atomic mass is 10.1. The molecule has 1 saturated heterocycles. The number of rotatable bonds is 6. The number of nitrogens with one attached hydrogen (secondary N) is 1. The van der Waals surface area contributed by atoms with Gasteiger partial charge in [0.05, 0.1) is 11.9 Å². The van der Waals surface area contributed by atoms with E-state index in [-0.39, 0.29) is 11.8 Å². The van der Waals surface area contributed by atoms with Crippen molar-refractivity contribution in [3.63, 3.8) is 0 Å². The molecule has 0 bridgehead atoms. The van der Waals surface area contributed by atoms with Crippen LogP contribution in [0.2, 0.25) is 5.02 Å². The standard InChI is InChI=1S/C26H29ClN4O3/c1-17-13-21(14-18(2)23(17)27)34-16-19-7-9-20(10-8-19)25(32)29-22-15-28-30(3)24(22)26(33)31-11-5-4-6-12-31/h7-10,13-15H,4-6,11-12,16H2,1-3H3,(H,29,32). The molecule has 1 fully saturated rings. The van der Waals surface area contributed by atoms with E-state index >= 15 is 0 Å². The molecular formula is C26H29ClN4O3. The summed E-state index contributed by atoms with van der Waals surface area (Å²) in [5.41, 5.74) is 4.18. The summed E-state index contributed by atoms with van der Waals surface area (Å²) in [6, 6.07) is 11.0. The molecular weight excluding hydrogens is 452 g/mol. The number of carbonyl (C=O) groups excluding carboxylic acids is 2. The van der Waals surface area contributed by atoms with Crippen LogP contribution in [0.5, 0.6) is 5.75 Å². The molecule has 0 spiro atoms. The first-order chi connectivity index (χ1) is 16.3. The van der Waals surface area contributed by atoms with Gasteiger partial charge in [-0.25, -0.2) is 0 Å². The van der Waals surface area contributed by atoms with E-state index in [9.17, 15) is 9.59 Å². The van der Waals surface area contributed by atoms with E-state index in [1.807, 2.05) is 43.0 Å². The van der Waals surface area contributed by atoms with Crippen molar-refractivity contribution in [1.29, 1.82) is 0 Å². The molecule has 1 N–H and O–H groups in total. The average molecular weight is 481 g/mol. The summed E-state index contributed by atoms with van der Waals surface area (Å²) in [4.78, 5) is 27.7. The summed E-state index contributed by atoms with van der Waals surface area (Å²) in [5, 5.41) is 7.79. The van der Waals surface area contributed by atoms with Crippen LogP contribution in [0.3, 0.4) is 0 Å². The lowest BCUT2D eigenvalue weighted by Gasteiger charge is -2.27. The number of amides is 2. The number of likely N-dealkylation sites (tertiary alicyclic amines) is 1. The predicted octanol–water partition coefficient (Wildman–Crippen LogP) is 5.15. The summed E-state index contributed by atoms with van der Waals surface area (Å²) in [6.45, 7) is 5.73. The van der Waals surface area contributed by atoms with Crippen LogP contribution < -0.4 is 10.1 Å². The van der Waals surface area contributed by atoms with Crippen molar-refractivity contribution in [3.05, 3.63) is 75.6 Å². The third-order valence-electron chi connectivity index (χ3n) is 6.06. The molecule has 0 atom stereocenters. The van der Waals surface area contributed by atoms with Crippen molar-refractivity contribution in [2.24, 2.45) is 7.05 Å². The molecule has 1 aliphatic heterocycles. The van der Waals surface area contributed by atoms with Crippen LogP contribution in [0.1, 0.15) is 56.8 Å². The molecule has 2 amide bonds. The number of benzene rings is 2. The van der Waals surface area contributed by atoms with Gasteiger partial charge in [-0.1, -0.05) is 23.7 Å². The Morgan fingerprint density at radius 1 is 1.06 bits per heavy atom. The van der Waals surface area contributed by atoms with Gasteiger partial charge in [0.1, 0.15) is 18.1 Å². The van der Waals surface area contributed by atoms with E-state index in [4.69, 9.17) is 16.3 Å². The average Bonchev–Trinajstić information content (AvgIpc) is 3.21. The fourth-order valence-corrected chi connectivity index (χ4v) is 4.24. The molecule has 0 aliphatic carbocycles. The molecule has 4 rings (SSSR count). The van der Waals surface area contributed by atoms with E-state index in [2.05, 4.69) is 10.4 Å². The van der Waals surface area contributed by atoms with Crippen LogP contribution in [0.15, 0.2) is 42.6 Å². The number of nitrogens with zero attached hydrogens (tertiary/aromatic N) is 3. The van der Waals surface area contributed by atoms with E-state index in [0.717, 1.165) is 59.8 Å². The Morgan fingerprint density at radius 3 is 2.35 bits per heavy atom. The van der Waals surface area contributed by atoms with Crippen LogP contribution in [-0.2, 0) is 13.7 Å². The second kappa shape index (κ2) is 10.3. The second-order valence-corrected chi connectivity index (χ2v) is 9.07. The van der Waals surface area contributed by atoms with Gasteiger partial charge in [-0.3, -0.25) is 14.3 Å². The first-order valence-electron chi connectivity index (χ1n) is 11.4. The molecule has 2 heterocycles. The smallest absolute Gasteiger partial charge is 0.274 e. The van der Waals surface area contributed by atoms with Crippen molar-refractivity contribution >= 4 is 29.1 Å². The Balaban J connectivity index is 1.40. The number of hydrogen-bond donors (Lipinski definition) is 1. The zero-order valence-corrected chi connectivity index (χ0v) is 20.5. The van der Waals surface area contributed by atoms with Crippen LogP contribution in [-0.4, -0.2) is 39.6 Å². The Bertz CT molecular complexity index is 1170. The van der Waals surface area contributed by atoms with Crippen LogP contribution in [0, 0.1) is 13.8 Å². The van der Waals surface area contributed by atoms with Gasteiger partial charge in [0.2, 0.25) is 0 Å². The van der Waals surface area contributed by atoms with Gasteiger partial charge >= 0.3 is 0 Å². The first kappa shape index (κ1) is 23.8. The first-order valence-corrected chi connectivity index (χ1v) is 11.8. The van der Waals surface area contributed by atoms with Crippen molar-refractivity contribution in [2.75, 3.05) is 18.4 Å². The molecule has 34 heavy (non-hydrogen) atoms. The van der Waals surface area contributed by atoms with Gasteiger partial charge in [-0.2, -0.15) is 5.10 Å². The van der Waals surface area contributed by atoms with Gasteiger partial charge in [-0.05, 0) is 74.1 Å². The Morgan fingerprint density at radius 2 is 1.71 bits per heavy atom. The topological polar surface area (TPSA) is 76.5 Å². The van der Waals surface area contributed by atoms with Crippen LogP contribution in [0.4, 0.5) is 5.69 Å². The minimum atomic E-state index is -0.294. The summed E-state index contributed by atoms with van der Waals surface area (Å²) >= 11 is 6.22. The largest absolute Gasteiger partial charge is 0.489 e. The lowest BCUT2D eigenvalue weighted by Crippen LogP contribution is -2.37. The fourth-order valence-electron chi connectivity index (χ4n) is 4.13. The quantitative estimate of drug-likeness (QED) is 0.529. The summed E-state index contributed by atoms with van der Waals surface area (Å²) < 4.78 is 7.42. The van der Waals surface area contributed by atoms with Gasteiger partial charge in [0.25, 0.3) is 11.8 Å². The fraction of sp³-hybridized carbons (Fsp3) is 0.346. The number of piperidine rings is 1. The zero-order chi connectivity index (χ0) is 24.2. The third kappa shape index (κ3) is 5.25. The Labute approximate surface area is 204 Å². The van der Waals surface area contributed by atoms with Crippen LogP contribution >= 0.6 is 11.6 Å². The molecule has 3 aromatic rings. The highest BCUT2D eigenvalue weighted by Crippen LogP contribution is 2.26. The molecule has 1 aromatic heterocycles. The van der Waals surface area contributed by atoms with Gasteiger partial charge in [0, 0.05) is 30.7 Å². The van der Waals surface area contributed by atoms with Crippen molar-refractivity contribution in [3.8, 4) is 5.75 Å². The minimum Gasteiger partial charge on any atom is -0.489 e. The maximum atomic E-state index is 13.0. The molecule has 7 nitrogen and oxygen atoms in total. The highest BCUT2D eigenvalue weighted by Gasteiger charge is 2.25. The number of halogens is 1. The normalized spacial score (nSPS) is 13.6. The summed E-state index contributed by atoms with van der Waals surface area (Å²) in [7, 11) is 1.71. The zero-order valence-electron chi connectivity index (χ0n) is 19.7.